The zero-order valence-electron chi connectivity index (χ0n) is 9.65. The molecular weight excluding hydrogens is 232 g/mol. The van der Waals surface area contributed by atoms with E-state index in [4.69, 9.17) is 5.11 Å². The number of hydrogen-bond donors (Lipinski definition) is 1. The molecule has 1 aliphatic rings. The van der Waals surface area contributed by atoms with Gasteiger partial charge >= 0.3 is 5.97 Å². The minimum Gasteiger partial charge on any atom is -0.476 e. The van der Waals surface area contributed by atoms with E-state index in [0.717, 1.165) is 24.1 Å². The molecule has 6 heteroatoms. The van der Waals surface area contributed by atoms with Crippen LogP contribution in [0, 0.1) is 0 Å². The Balaban J connectivity index is 1.95. The largest absolute Gasteiger partial charge is 0.476 e. The minimum atomic E-state index is -1.01. The molecule has 0 unspecified atom stereocenters. The highest BCUT2D eigenvalue weighted by atomic mass is 16.4. The molecule has 0 saturated heterocycles. The monoisotopic (exact) mass is 244 g/mol. The van der Waals surface area contributed by atoms with Crippen molar-refractivity contribution in [3.63, 3.8) is 0 Å². The number of carboxylic acids is 1. The van der Waals surface area contributed by atoms with Crippen LogP contribution in [0.1, 0.15) is 40.5 Å². The van der Waals surface area contributed by atoms with E-state index in [2.05, 4.69) is 15.3 Å². The van der Waals surface area contributed by atoms with Crippen molar-refractivity contribution in [1.82, 2.24) is 20.0 Å². The smallest absolute Gasteiger partial charge is 0.358 e. The highest BCUT2D eigenvalue weighted by Gasteiger charge is 2.33. The van der Waals surface area contributed by atoms with Crippen LogP contribution in [0.5, 0.6) is 0 Å². The SMILES string of the molecule is O=C(O)c1nnn(Cc2cccnc2)c1C1CC1. The highest BCUT2D eigenvalue weighted by molar-refractivity contribution is 5.86. The van der Waals surface area contributed by atoms with Gasteiger partial charge in [0, 0.05) is 18.3 Å². The molecule has 0 bridgehead atoms. The molecule has 3 rings (SSSR count). The van der Waals surface area contributed by atoms with Crippen LogP contribution in [-0.2, 0) is 6.54 Å². The van der Waals surface area contributed by atoms with Gasteiger partial charge in [-0.15, -0.1) is 5.10 Å². The summed E-state index contributed by atoms with van der Waals surface area (Å²) >= 11 is 0. The van der Waals surface area contributed by atoms with Crippen LogP contribution >= 0.6 is 0 Å². The van der Waals surface area contributed by atoms with E-state index in [0.29, 0.717) is 12.5 Å². The molecule has 1 fully saturated rings. The lowest BCUT2D eigenvalue weighted by molar-refractivity contribution is 0.0689. The van der Waals surface area contributed by atoms with Gasteiger partial charge in [0.15, 0.2) is 5.69 Å². The Morgan fingerprint density at radius 3 is 2.94 bits per heavy atom. The second-order valence-electron chi connectivity index (χ2n) is 4.42. The lowest BCUT2D eigenvalue weighted by atomic mass is 10.2. The number of carboxylic acid groups (broad SMARTS) is 1. The van der Waals surface area contributed by atoms with Crippen molar-refractivity contribution < 1.29 is 9.90 Å². The Labute approximate surface area is 103 Å². The first-order chi connectivity index (χ1) is 8.75. The number of aromatic carboxylic acids is 1. The molecule has 0 aromatic carbocycles. The van der Waals surface area contributed by atoms with Gasteiger partial charge in [0.2, 0.25) is 0 Å². The summed E-state index contributed by atoms with van der Waals surface area (Å²) < 4.78 is 1.68. The molecule has 2 heterocycles. The van der Waals surface area contributed by atoms with Crippen LogP contribution < -0.4 is 0 Å². The summed E-state index contributed by atoms with van der Waals surface area (Å²) in [6, 6.07) is 3.78. The molecule has 1 N–H and O–H groups in total. The van der Waals surface area contributed by atoms with E-state index in [9.17, 15) is 4.79 Å². The molecule has 0 aliphatic heterocycles. The summed E-state index contributed by atoms with van der Waals surface area (Å²) in [7, 11) is 0. The second-order valence-corrected chi connectivity index (χ2v) is 4.42. The van der Waals surface area contributed by atoms with E-state index in [1.165, 1.54) is 0 Å². The van der Waals surface area contributed by atoms with Crippen LogP contribution in [-0.4, -0.2) is 31.1 Å². The van der Waals surface area contributed by atoms with Gasteiger partial charge in [-0.1, -0.05) is 11.3 Å². The molecule has 1 saturated carbocycles. The number of carbonyl (C=O) groups is 1. The number of aromatic nitrogens is 4. The number of rotatable bonds is 4. The molecule has 18 heavy (non-hydrogen) atoms. The number of pyridine rings is 1. The first-order valence-corrected chi connectivity index (χ1v) is 5.81. The third-order valence-electron chi connectivity index (χ3n) is 3.00. The summed E-state index contributed by atoms with van der Waals surface area (Å²) in [4.78, 5) is 15.1. The summed E-state index contributed by atoms with van der Waals surface area (Å²) in [6.45, 7) is 0.514. The molecule has 0 atom stereocenters. The van der Waals surface area contributed by atoms with E-state index in [1.54, 1.807) is 17.1 Å². The Hall–Kier alpha value is -2.24. The average Bonchev–Trinajstić information content (AvgIpc) is 3.12. The average molecular weight is 244 g/mol. The predicted octanol–water partition coefficient (Wildman–Crippen LogP) is 1.30. The highest BCUT2D eigenvalue weighted by Crippen LogP contribution is 2.41. The van der Waals surface area contributed by atoms with Crippen LogP contribution in [0.15, 0.2) is 24.5 Å². The van der Waals surface area contributed by atoms with Gasteiger partial charge in [-0.25, -0.2) is 9.48 Å². The third-order valence-corrected chi connectivity index (χ3v) is 3.00. The Kier molecular flexibility index (Phi) is 2.55. The maximum atomic E-state index is 11.1. The maximum absolute atomic E-state index is 11.1. The summed E-state index contributed by atoms with van der Waals surface area (Å²) in [6.07, 6.45) is 5.48. The fourth-order valence-electron chi connectivity index (χ4n) is 2.01. The van der Waals surface area contributed by atoms with Gasteiger partial charge < -0.3 is 5.11 Å². The van der Waals surface area contributed by atoms with E-state index in [1.807, 2.05) is 12.1 Å². The molecule has 92 valence electrons. The summed E-state index contributed by atoms with van der Waals surface area (Å²) in [5.41, 5.74) is 1.81. The lowest BCUT2D eigenvalue weighted by Gasteiger charge is -2.05. The van der Waals surface area contributed by atoms with Crippen molar-refractivity contribution in [3.05, 3.63) is 41.5 Å². The molecule has 1 aliphatic carbocycles. The van der Waals surface area contributed by atoms with E-state index < -0.39 is 5.97 Å². The van der Waals surface area contributed by atoms with Gasteiger partial charge in [0.25, 0.3) is 0 Å². The van der Waals surface area contributed by atoms with Crippen molar-refractivity contribution in [2.75, 3.05) is 0 Å². The van der Waals surface area contributed by atoms with Crippen LogP contribution in [0.2, 0.25) is 0 Å². The topological polar surface area (TPSA) is 80.9 Å². The van der Waals surface area contributed by atoms with Crippen molar-refractivity contribution in [3.8, 4) is 0 Å². The van der Waals surface area contributed by atoms with Gasteiger partial charge in [-0.2, -0.15) is 0 Å². The van der Waals surface area contributed by atoms with Gasteiger partial charge in [0.1, 0.15) is 0 Å². The zero-order chi connectivity index (χ0) is 12.5. The Bertz CT molecular complexity index is 575. The van der Waals surface area contributed by atoms with E-state index in [-0.39, 0.29) is 5.69 Å². The Morgan fingerprint density at radius 1 is 1.50 bits per heavy atom. The van der Waals surface area contributed by atoms with Gasteiger partial charge in [-0.3, -0.25) is 4.98 Å². The quantitative estimate of drug-likeness (QED) is 0.876. The second kappa shape index (κ2) is 4.21. The molecule has 0 spiro atoms. The molecule has 2 aromatic rings. The molecule has 6 nitrogen and oxygen atoms in total. The van der Waals surface area contributed by atoms with Crippen molar-refractivity contribution in [2.45, 2.75) is 25.3 Å². The molecule has 2 aromatic heterocycles. The predicted molar refractivity (Wildman–Crippen MR) is 62.3 cm³/mol. The number of hydrogen-bond acceptors (Lipinski definition) is 4. The third kappa shape index (κ3) is 1.97. The standard InChI is InChI=1S/C12H12N4O2/c17-12(18)10-11(9-3-4-9)16(15-14-10)7-8-2-1-5-13-6-8/h1-2,5-6,9H,3-4,7H2,(H,17,18). The zero-order valence-corrected chi connectivity index (χ0v) is 9.65. The summed E-state index contributed by atoms with van der Waals surface area (Å²) in [5, 5.41) is 16.8. The normalized spacial score (nSPS) is 14.7. The lowest BCUT2D eigenvalue weighted by Crippen LogP contribution is -2.08. The van der Waals surface area contributed by atoms with Crippen LogP contribution in [0.25, 0.3) is 0 Å². The number of nitrogens with zero attached hydrogens (tertiary/aromatic N) is 4. The van der Waals surface area contributed by atoms with Crippen molar-refractivity contribution in [1.29, 1.82) is 0 Å². The fraction of sp³-hybridized carbons (Fsp3) is 0.333. The minimum absolute atomic E-state index is 0.0846. The molecular formula is C12H12N4O2. The maximum Gasteiger partial charge on any atom is 0.358 e. The van der Waals surface area contributed by atoms with Crippen molar-refractivity contribution in [2.24, 2.45) is 0 Å². The van der Waals surface area contributed by atoms with Crippen LogP contribution in [0.3, 0.4) is 0 Å². The fourth-order valence-corrected chi connectivity index (χ4v) is 2.01. The van der Waals surface area contributed by atoms with E-state index >= 15 is 0 Å². The molecule has 0 amide bonds. The molecule has 0 radical (unpaired) electrons. The van der Waals surface area contributed by atoms with Gasteiger partial charge in [0.05, 0.1) is 12.2 Å². The van der Waals surface area contributed by atoms with Gasteiger partial charge in [-0.05, 0) is 24.5 Å². The Morgan fingerprint density at radius 2 is 2.33 bits per heavy atom. The first kappa shape index (κ1) is 10.9. The summed E-state index contributed by atoms with van der Waals surface area (Å²) in [5.74, 6) is -0.711. The van der Waals surface area contributed by atoms with Crippen molar-refractivity contribution >= 4 is 5.97 Å². The first-order valence-electron chi connectivity index (χ1n) is 5.81. The van der Waals surface area contributed by atoms with Crippen LogP contribution in [0.4, 0.5) is 0 Å².